The molecule has 0 aliphatic carbocycles. The Hall–Kier alpha value is -0.0800. The summed E-state index contributed by atoms with van der Waals surface area (Å²) in [6, 6.07) is 0.434. The van der Waals surface area contributed by atoms with Crippen LogP contribution in [0.2, 0.25) is 0 Å². The highest BCUT2D eigenvalue weighted by Gasteiger charge is 2.26. The molecule has 2 heteroatoms. The monoisotopic (exact) mass is 229 g/mol. The van der Waals surface area contributed by atoms with Gasteiger partial charge in [-0.15, -0.1) is 0 Å². The highest BCUT2D eigenvalue weighted by molar-refractivity contribution is 4.81. The minimum absolute atomic E-state index is 0.329. The molecule has 1 fully saturated rings. The van der Waals surface area contributed by atoms with Gasteiger partial charge in [0, 0.05) is 12.6 Å². The van der Waals surface area contributed by atoms with Crippen molar-refractivity contribution in [3.8, 4) is 0 Å². The molecule has 0 saturated carbocycles. The molecule has 1 heterocycles. The lowest BCUT2D eigenvalue weighted by atomic mass is 9.96. The molecule has 16 heavy (non-hydrogen) atoms. The van der Waals surface area contributed by atoms with Gasteiger partial charge in [0.15, 0.2) is 0 Å². The van der Waals surface area contributed by atoms with E-state index in [4.69, 9.17) is 5.11 Å². The number of aliphatic hydroxyl groups excluding tert-OH is 1. The molecule has 0 radical (unpaired) electrons. The van der Waals surface area contributed by atoms with Gasteiger partial charge < -0.3 is 5.11 Å². The van der Waals surface area contributed by atoms with Crippen LogP contribution in [0.15, 0.2) is 0 Å². The Kier molecular flexibility index (Phi) is 7.25. The third-order valence-corrected chi connectivity index (χ3v) is 2.39. The molecule has 0 aromatic rings. The smallest absolute Gasteiger partial charge is 0.0586 e. The van der Waals surface area contributed by atoms with Gasteiger partial charge in [-0.3, -0.25) is 4.90 Å². The second-order valence-corrected chi connectivity index (χ2v) is 6.74. The zero-order valence-corrected chi connectivity index (χ0v) is 12.1. The van der Waals surface area contributed by atoms with E-state index < -0.39 is 0 Å². The second kappa shape index (κ2) is 7.29. The van der Waals surface area contributed by atoms with E-state index in [1.807, 2.05) is 0 Å². The zero-order chi connectivity index (χ0) is 12.8. The van der Waals surface area contributed by atoms with Crippen LogP contribution in [0.5, 0.6) is 0 Å². The maximum Gasteiger partial charge on any atom is 0.0586 e. The lowest BCUT2D eigenvalue weighted by Crippen LogP contribution is -2.38. The van der Waals surface area contributed by atoms with E-state index >= 15 is 0 Å². The highest BCUT2D eigenvalue weighted by atomic mass is 16.3. The van der Waals surface area contributed by atoms with Gasteiger partial charge in [-0.1, -0.05) is 41.5 Å². The first-order valence-corrected chi connectivity index (χ1v) is 6.61. The van der Waals surface area contributed by atoms with Crippen molar-refractivity contribution in [2.75, 3.05) is 19.7 Å². The summed E-state index contributed by atoms with van der Waals surface area (Å²) in [6.07, 6.45) is 2.42. The predicted molar refractivity (Wildman–Crippen MR) is 71.6 cm³/mol. The molecule has 1 aliphatic heterocycles. The van der Waals surface area contributed by atoms with Gasteiger partial charge >= 0.3 is 0 Å². The SMILES string of the molecule is CC(C)(C)CN1CCCC1CO.CC(C)C. The molecule has 0 amide bonds. The molecular formula is C14H31NO. The van der Waals surface area contributed by atoms with Crippen molar-refractivity contribution in [1.82, 2.24) is 4.90 Å². The Morgan fingerprint density at radius 1 is 1.25 bits per heavy atom. The molecule has 0 spiro atoms. The van der Waals surface area contributed by atoms with E-state index in [0.29, 0.717) is 18.1 Å². The summed E-state index contributed by atoms with van der Waals surface area (Å²) in [6.45, 7) is 15.9. The van der Waals surface area contributed by atoms with Crippen LogP contribution in [0.3, 0.4) is 0 Å². The van der Waals surface area contributed by atoms with Crippen LogP contribution in [-0.2, 0) is 0 Å². The highest BCUT2D eigenvalue weighted by Crippen LogP contribution is 2.23. The minimum Gasteiger partial charge on any atom is -0.395 e. The Morgan fingerprint density at radius 2 is 1.75 bits per heavy atom. The first-order valence-electron chi connectivity index (χ1n) is 6.61. The van der Waals surface area contributed by atoms with Crippen LogP contribution in [0.4, 0.5) is 0 Å². The lowest BCUT2D eigenvalue weighted by Gasteiger charge is -2.30. The number of rotatable bonds is 2. The number of hydrogen-bond donors (Lipinski definition) is 1. The molecule has 1 unspecified atom stereocenters. The van der Waals surface area contributed by atoms with Crippen molar-refractivity contribution in [3.05, 3.63) is 0 Å². The van der Waals surface area contributed by atoms with Crippen LogP contribution in [0, 0.1) is 11.3 Å². The van der Waals surface area contributed by atoms with Crippen LogP contribution in [0.1, 0.15) is 54.4 Å². The summed E-state index contributed by atoms with van der Waals surface area (Å²) < 4.78 is 0. The van der Waals surface area contributed by atoms with E-state index in [9.17, 15) is 0 Å². The van der Waals surface area contributed by atoms with Gasteiger partial charge in [0.1, 0.15) is 0 Å². The average Bonchev–Trinajstić information content (AvgIpc) is 2.47. The van der Waals surface area contributed by atoms with Crippen molar-refractivity contribution >= 4 is 0 Å². The quantitative estimate of drug-likeness (QED) is 0.786. The largest absolute Gasteiger partial charge is 0.395 e. The van der Waals surface area contributed by atoms with E-state index in [-0.39, 0.29) is 0 Å². The van der Waals surface area contributed by atoms with Crippen molar-refractivity contribution < 1.29 is 5.11 Å². The summed E-state index contributed by atoms with van der Waals surface area (Å²) in [5, 5.41) is 9.09. The fraction of sp³-hybridized carbons (Fsp3) is 1.00. The van der Waals surface area contributed by atoms with Crippen molar-refractivity contribution in [3.63, 3.8) is 0 Å². The van der Waals surface area contributed by atoms with E-state index in [2.05, 4.69) is 46.4 Å². The van der Waals surface area contributed by atoms with E-state index in [1.165, 1.54) is 19.4 Å². The summed E-state index contributed by atoms with van der Waals surface area (Å²) >= 11 is 0. The molecule has 98 valence electrons. The molecule has 1 N–H and O–H groups in total. The molecule has 0 aromatic heterocycles. The minimum atomic E-state index is 0.329. The Bertz CT molecular complexity index is 169. The summed E-state index contributed by atoms with van der Waals surface area (Å²) in [5.74, 6) is 0.833. The maximum absolute atomic E-state index is 9.09. The van der Waals surface area contributed by atoms with Crippen molar-refractivity contribution in [2.24, 2.45) is 11.3 Å². The molecule has 0 aromatic carbocycles. The predicted octanol–water partition coefficient (Wildman–Crippen LogP) is 3.15. The fourth-order valence-corrected chi connectivity index (χ4v) is 1.92. The maximum atomic E-state index is 9.09. The third kappa shape index (κ3) is 8.12. The second-order valence-electron chi connectivity index (χ2n) is 6.74. The summed E-state index contributed by atoms with van der Waals surface area (Å²) in [4.78, 5) is 2.42. The summed E-state index contributed by atoms with van der Waals surface area (Å²) in [5.41, 5.74) is 0.359. The zero-order valence-electron chi connectivity index (χ0n) is 12.1. The molecule has 1 atom stereocenters. The normalized spacial score (nSPS) is 22.1. The van der Waals surface area contributed by atoms with Crippen molar-refractivity contribution in [1.29, 1.82) is 0 Å². The first-order chi connectivity index (χ1) is 7.26. The average molecular weight is 229 g/mol. The van der Waals surface area contributed by atoms with Crippen LogP contribution < -0.4 is 0 Å². The first kappa shape index (κ1) is 15.9. The van der Waals surface area contributed by atoms with Crippen LogP contribution in [-0.4, -0.2) is 35.7 Å². The Balaban J connectivity index is 0.000000487. The third-order valence-electron chi connectivity index (χ3n) is 2.39. The van der Waals surface area contributed by atoms with Gasteiger partial charge in [-0.25, -0.2) is 0 Å². The van der Waals surface area contributed by atoms with Gasteiger partial charge in [0.2, 0.25) is 0 Å². The number of nitrogens with zero attached hydrogens (tertiary/aromatic N) is 1. The topological polar surface area (TPSA) is 23.5 Å². The van der Waals surface area contributed by atoms with E-state index in [1.54, 1.807) is 0 Å². The van der Waals surface area contributed by atoms with Crippen molar-refractivity contribution in [2.45, 2.75) is 60.4 Å². The van der Waals surface area contributed by atoms with E-state index in [0.717, 1.165) is 12.5 Å². The van der Waals surface area contributed by atoms with Gasteiger partial charge in [-0.05, 0) is 30.7 Å². The fourth-order valence-electron chi connectivity index (χ4n) is 1.92. The molecule has 0 bridgehead atoms. The number of aliphatic hydroxyl groups is 1. The number of hydrogen-bond acceptors (Lipinski definition) is 2. The van der Waals surface area contributed by atoms with Crippen LogP contribution >= 0.6 is 0 Å². The standard InChI is InChI=1S/C10H21NO.C4H10/c1-10(2,3)8-11-6-4-5-9(11)7-12;1-4(2)3/h9,12H,4-8H2,1-3H3;4H,1-3H3. The Morgan fingerprint density at radius 3 is 2.12 bits per heavy atom. The lowest BCUT2D eigenvalue weighted by molar-refractivity contribution is 0.124. The van der Waals surface area contributed by atoms with Gasteiger partial charge in [0.05, 0.1) is 6.61 Å². The summed E-state index contributed by atoms with van der Waals surface area (Å²) in [7, 11) is 0. The number of likely N-dealkylation sites (tertiary alicyclic amines) is 1. The van der Waals surface area contributed by atoms with Crippen LogP contribution in [0.25, 0.3) is 0 Å². The molecule has 1 aliphatic rings. The molecule has 2 nitrogen and oxygen atoms in total. The molecular weight excluding hydrogens is 198 g/mol. The Labute approximate surface area is 102 Å². The molecule has 1 saturated heterocycles. The van der Waals surface area contributed by atoms with Gasteiger partial charge in [-0.2, -0.15) is 0 Å². The van der Waals surface area contributed by atoms with Gasteiger partial charge in [0.25, 0.3) is 0 Å². The molecule has 1 rings (SSSR count).